The highest BCUT2D eigenvalue weighted by Crippen LogP contribution is 2.37. The highest BCUT2D eigenvalue weighted by atomic mass is 35.5. The molecule has 7 rings (SSSR count). The van der Waals surface area contributed by atoms with Crippen LogP contribution in [-0.4, -0.2) is 65.0 Å². The summed E-state index contributed by atoms with van der Waals surface area (Å²) in [5.74, 6) is 0.464. The molecule has 2 aromatic heterocycles. The molecule has 44 heavy (non-hydrogen) atoms. The molecule has 0 saturated carbocycles. The van der Waals surface area contributed by atoms with Gasteiger partial charge in [0.2, 0.25) is 5.79 Å². The number of rotatable bonds is 9. The summed E-state index contributed by atoms with van der Waals surface area (Å²) in [6, 6.07) is 23.1. The first-order valence-electron chi connectivity index (χ1n) is 14.7. The molecule has 0 bridgehead atoms. The van der Waals surface area contributed by atoms with Gasteiger partial charge in [-0.25, -0.2) is 19.3 Å². The molecule has 2 unspecified atom stereocenters. The smallest absolute Gasteiger partial charge is 0.214 e. The van der Waals surface area contributed by atoms with E-state index in [0.717, 1.165) is 54.2 Å². The van der Waals surface area contributed by atoms with E-state index < -0.39 is 12.5 Å². The van der Waals surface area contributed by atoms with Gasteiger partial charge in [-0.05, 0) is 29.8 Å². The van der Waals surface area contributed by atoms with Gasteiger partial charge in [0, 0.05) is 44.1 Å². The lowest BCUT2D eigenvalue weighted by Gasteiger charge is -2.37. The van der Waals surface area contributed by atoms with Crippen molar-refractivity contribution in [2.24, 2.45) is 0 Å². The van der Waals surface area contributed by atoms with Crippen LogP contribution in [0.5, 0.6) is 5.75 Å². The first kappa shape index (κ1) is 28.5. The number of halogens is 2. The second-order valence-electron chi connectivity index (χ2n) is 10.9. The van der Waals surface area contributed by atoms with Crippen LogP contribution in [-0.2, 0) is 28.5 Å². The van der Waals surface area contributed by atoms with Gasteiger partial charge in [-0.15, -0.1) is 0 Å². The molecule has 11 heteroatoms. The lowest BCUT2D eigenvalue weighted by atomic mass is 10.0. The summed E-state index contributed by atoms with van der Waals surface area (Å²) in [7, 11) is 0. The molecular formula is C33H32ClFN6O3. The molecule has 0 radical (unpaired) electrons. The molecule has 0 spiro atoms. The van der Waals surface area contributed by atoms with Gasteiger partial charge in [0.15, 0.2) is 11.0 Å². The lowest BCUT2D eigenvalue weighted by molar-refractivity contribution is -0.189. The van der Waals surface area contributed by atoms with Crippen LogP contribution in [0, 0.1) is 0 Å². The van der Waals surface area contributed by atoms with E-state index in [4.69, 9.17) is 30.8 Å². The predicted octanol–water partition coefficient (Wildman–Crippen LogP) is 5.62. The minimum Gasteiger partial charge on any atom is -0.489 e. The number of piperazine rings is 1. The SMILES string of the molecule is FCc1ccc(C2(Cn3ccnc3)OCC(COc3ccccc3N3CCN(c4nc5ccccc5nc4Cl)CC3)O2)cc1. The molecule has 9 nitrogen and oxygen atoms in total. The number of anilines is 2. The Morgan fingerprint density at radius 3 is 2.39 bits per heavy atom. The minimum atomic E-state index is -1.04. The third kappa shape index (κ3) is 5.80. The molecule has 2 saturated heterocycles. The van der Waals surface area contributed by atoms with Gasteiger partial charge in [0.05, 0.1) is 36.2 Å². The number of hydrogen-bond donors (Lipinski definition) is 0. The summed E-state index contributed by atoms with van der Waals surface area (Å²) in [4.78, 5) is 18.0. The van der Waals surface area contributed by atoms with E-state index in [1.54, 1.807) is 24.7 Å². The third-order valence-electron chi connectivity index (χ3n) is 8.08. The van der Waals surface area contributed by atoms with E-state index in [-0.39, 0.29) is 6.10 Å². The monoisotopic (exact) mass is 614 g/mol. The van der Waals surface area contributed by atoms with Gasteiger partial charge in [0.1, 0.15) is 25.1 Å². The maximum absolute atomic E-state index is 13.2. The van der Waals surface area contributed by atoms with Crippen LogP contribution in [0.25, 0.3) is 11.0 Å². The van der Waals surface area contributed by atoms with Gasteiger partial charge in [0.25, 0.3) is 0 Å². The average Bonchev–Trinajstić information content (AvgIpc) is 3.74. The van der Waals surface area contributed by atoms with E-state index >= 15 is 0 Å². The molecule has 2 fully saturated rings. The maximum Gasteiger partial charge on any atom is 0.214 e. The largest absolute Gasteiger partial charge is 0.489 e. The summed E-state index contributed by atoms with van der Waals surface area (Å²) < 4.78 is 34.4. The van der Waals surface area contributed by atoms with Crippen molar-refractivity contribution in [1.29, 1.82) is 0 Å². The number of nitrogens with zero attached hydrogens (tertiary/aromatic N) is 6. The van der Waals surface area contributed by atoms with Crippen molar-refractivity contribution in [3.8, 4) is 5.75 Å². The van der Waals surface area contributed by atoms with Crippen molar-refractivity contribution < 1.29 is 18.6 Å². The highest BCUT2D eigenvalue weighted by molar-refractivity contribution is 6.32. The van der Waals surface area contributed by atoms with Crippen molar-refractivity contribution in [2.45, 2.75) is 25.1 Å². The molecule has 0 amide bonds. The standard InChI is InChI=1S/C33H32ClFN6O3/c34-31-32(38-28-6-2-1-5-27(28)37-31)41-17-15-40(16-18-41)29-7-3-4-8-30(29)42-20-26-21-43-33(44-26,22-39-14-13-36-23-39)25-11-9-24(19-35)10-12-25/h1-14,23,26H,15-22H2. The normalized spacial score (nSPS) is 20.4. The molecule has 226 valence electrons. The van der Waals surface area contributed by atoms with E-state index in [0.29, 0.717) is 36.3 Å². The van der Waals surface area contributed by atoms with Crippen LogP contribution in [0.4, 0.5) is 15.9 Å². The van der Waals surface area contributed by atoms with Crippen LogP contribution in [0.15, 0.2) is 91.5 Å². The van der Waals surface area contributed by atoms with E-state index in [9.17, 15) is 4.39 Å². The molecule has 0 aliphatic carbocycles. The zero-order valence-corrected chi connectivity index (χ0v) is 24.8. The second kappa shape index (κ2) is 12.4. The molecule has 4 heterocycles. The Morgan fingerprint density at radius 1 is 0.909 bits per heavy atom. The average molecular weight is 615 g/mol. The molecule has 2 aliphatic heterocycles. The van der Waals surface area contributed by atoms with E-state index in [1.165, 1.54) is 0 Å². The van der Waals surface area contributed by atoms with Gasteiger partial charge < -0.3 is 28.6 Å². The Kier molecular flexibility index (Phi) is 8.03. The van der Waals surface area contributed by atoms with Crippen LogP contribution in [0.1, 0.15) is 11.1 Å². The van der Waals surface area contributed by atoms with Crippen molar-refractivity contribution in [3.63, 3.8) is 0 Å². The maximum atomic E-state index is 13.2. The number of hydrogen-bond acceptors (Lipinski definition) is 8. The third-order valence-corrected chi connectivity index (χ3v) is 8.33. The van der Waals surface area contributed by atoms with Crippen molar-refractivity contribution in [1.82, 2.24) is 19.5 Å². The Labute approximate surface area is 259 Å². The fourth-order valence-electron chi connectivity index (χ4n) is 5.79. The lowest BCUT2D eigenvalue weighted by Crippen LogP contribution is -2.47. The first-order chi connectivity index (χ1) is 21.6. The molecule has 5 aromatic rings. The second-order valence-corrected chi connectivity index (χ2v) is 11.3. The Morgan fingerprint density at radius 2 is 1.64 bits per heavy atom. The van der Waals surface area contributed by atoms with Gasteiger partial charge in [-0.1, -0.05) is 60.1 Å². The van der Waals surface area contributed by atoms with Crippen LogP contribution in [0.3, 0.4) is 0 Å². The minimum absolute atomic E-state index is 0.308. The van der Waals surface area contributed by atoms with Crippen molar-refractivity contribution in [2.75, 3.05) is 49.2 Å². The van der Waals surface area contributed by atoms with Gasteiger partial charge in [-0.2, -0.15) is 0 Å². The molecule has 3 aromatic carbocycles. The van der Waals surface area contributed by atoms with Crippen molar-refractivity contribution in [3.05, 3.63) is 108 Å². The summed E-state index contributed by atoms with van der Waals surface area (Å²) >= 11 is 6.54. The summed E-state index contributed by atoms with van der Waals surface area (Å²) in [6.07, 6.45) is 5.00. The summed E-state index contributed by atoms with van der Waals surface area (Å²) in [5.41, 5.74) is 4.07. The Hall–Kier alpha value is -4.25. The molecule has 2 aliphatic rings. The fourth-order valence-corrected chi connectivity index (χ4v) is 6.05. The van der Waals surface area contributed by atoms with Gasteiger partial charge in [-0.3, -0.25) is 0 Å². The van der Waals surface area contributed by atoms with Crippen LogP contribution >= 0.6 is 11.6 Å². The number of fused-ring (bicyclic) bond motifs is 1. The summed E-state index contributed by atoms with van der Waals surface area (Å²) in [6.45, 7) is 3.60. The molecular weight excluding hydrogens is 583 g/mol. The van der Waals surface area contributed by atoms with Crippen LogP contribution in [0.2, 0.25) is 5.15 Å². The number of imidazole rings is 1. The van der Waals surface area contributed by atoms with Crippen LogP contribution < -0.4 is 14.5 Å². The zero-order valence-electron chi connectivity index (χ0n) is 24.1. The first-order valence-corrected chi connectivity index (χ1v) is 15.0. The van der Waals surface area contributed by atoms with Gasteiger partial charge >= 0.3 is 0 Å². The molecule has 0 N–H and O–H groups in total. The highest BCUT2D eigenvalue weighted by Gasteiger charge is 2.44. The van der Waals surface area contributed by atoms with Crippen molar-refractivity contribution >= 4 is 34.1 Å². The number of ether oxygens (including phenoxy) is 3. The number of benzene rings is 3. The quantitative estimate of drug-likeness (QED) is 0.212. The van der Waals surface area contributed by atoms with E-state index in [1.807, 2.05) is 65.4 Å². The number of aromatic nitrogens is 4. The summed E-state index contributed by atoms with van der Waals surface area (Å²) in [5, 5.41) is 0.419. The fraction of sp³-hybridized carbons (Fsp3) is 0.303. The van der Waals surface area contributed by atoms with E-state index in [2.05, 4.69) is 25.8 Å². The zero-order chi connectivity index (χ0) is 29.9. The molecule has 2 atom stereocenters. The Bertz CT molecular complexity index is 1720. The predicted molar refractivity (Wildman–Crippen MR) is 167 cm³/mol. The Balaban J connectivity index is 1.02. The number of para-hydroxylation sites is 4. The number of alkyl halides is 1. The topological polar surface area (TPSA) is 77.8 Å².